The van der Waals surface area contributed by atoms with Crippen LogP contribution >= 0.6 is 22.6 Å². The van der Waals surface area contributed by atoms with Crippen molar-refractivity contribution in [1.82, 2.24) is 9.97 Å². The third-order valence-electron chi connectivity index (χ3n) is 1.77. The number of imidazole rings is 1. The average molecular weight is 291 g/mol. The Bertz CT molecular complexity index is 413. The van der Waals surface area contributed by atoms with E-state index >= 15 is 0 Å². The van der Waals surface area contributed by atoms with Gasteiger partial charge in [0.25, 0.3) is 0 Å². The Balaban J connectivity index is 2.70. The van der Waals surface area contributed by atoms with E-state index in [0.717, 1.165) is 5.52 Å². The zero-order chi connectivity index (χ0) is 9.42. The molecule has 0 amide bonds. The van der Waals surface area contributed by atoms with Crippen molar-refractivity contribution in [3.05, 3.63) is 27.3 Å². The van der Waals surface area contributed by atoms with Crippen LogP contribution in [0.5, 0.6) is 0 Å². The molecule has 3 nitrogen and oxygen atoms in total. The van der Waals surface area contributed by atoms with Crippen LogP contribution in [0.2, 0.25) is 0 Å². The Labute approximate surface area is 87.7 Å². The molecule has 1 aromatic heterocycles. The van der Waals surface area contributed by atoms with E-state index in [2.05, 4.69) is 9.97 Å². The number of hydrogen-bond acceptors (Lipinski definition) is 2. The van der Waals surface area contributed by atoms with Gasteiger partial charge in [0.2, 0.25) is 0 Å². The predicted octanol–water partition coefficient (Wildman–Crippen LogP) is 1.77. The summed E-state index contributed by atoms with van der Waals surface area (Å²) in [5.41, 5.74) is 6.85. The Hall–Kier alpha value is -0.690. The molecule has 68 valence electrons. The van der Waals surface area contributed by atoms with Crippen molar-refractivity contribution >= 4 is 33.6 Å². The molecule has 1 heterocycles. The minimum Gasteiger partial charge on any atom is -0.341 e. The van der Waals surface area contributed by atoms with E-state index in [1.165, 1.54) is 6.07 Å². The van der Waals surface area contributed by atoms with Gasteiger partial charge >= 0.3 is 0 Å². The van der Waals surface area contributed by atoms with Gasteiger partial charge in [0.05, 0.1) is 21.1 Å². The lowest BCUT2D eigenvalue weighted by Gasteiger charge is -1.92. The molecule has 13 heavy (non-hydrogen) atoms. The van der Waals surface area contributed by atoms with Gasteiger partial charge in [0.1, 0.15) is 11.6 Å². The van der Waals surface area contributed by atoms with Gasteiger partial charge in [-0.05, 0) is 28.7 Å². The van der Waals surface area contributed by atoms with Crippen LogP contribution in [0.15, 0.2) is 12.1 Å². The first kappa shape index (κ1) is 8.89. The van der Waals surface area contributed by atoms with Crippen molar-refractivity contribution < 1.29 is 4.39 Å². The number of benzene rings is 1. The molecule has 0 radical (unpaired) electrons. The molecule has 0 saturated heterocycles. The van der Waals surface area contributed by atoms with Crippen LogP contribution in [0, 0.1) is 9.39 Å². The van der Waals surface area contributed by atoms with Crippen molar-refractivity contribution in [2.24, 2.45) is 5.73 Å². The van der Waals surface area contributed by atoms with Gasteiger partial charge in [-0.1, -0.05) is 0 Å². The maximum Gasteiger partial charge on any atom is 0.138 e. The zero-order valence-corrected chi connectivity index (χ0v) is 8.80. The van der Waals surface area contributed by atoms with Crippen molar-refractivity contribution in [1.29, 1.82) is 0 Å². The number of fused-ring (bicyclic) bond motifs is 1. The summed E-state index contributed by atoms with van der Waals surface area (Å²) in [6, 6.07) is 3.13. The maximum absolute atomic E-state index is 13.1. The number of nitrogens with zero attached hydrogens (tertiary/aromatic N) is 1. The quantitative estimate of drug-likeness (QED) is 0.787. The van der Waals surface area contributed by atoms with Crippen LogP contribution in [0.3, 0.4) is 0 Å². The summed E-state index contributed by atoms with van der Waals surface area (Å²) in [6.45, 7) is 0.340. The molecular formula is C8H7FIN3. The molecule has 0 fully saturated rings. The Kier molecular flexibility index (Phi) is 2.20. The summed E-state index contributed by atoms with van der Waals surface area (Å²) < 4.78 is 13.6. The van der Waals surface area contributed by atoms with Crippen molar-refractivity contribution in [2.45, 2.75) is 6.54 Å². The Morgan fingerprint density at radius 3 is 3.00 bits per heavy atom. The summed E-state index contributed by atoms with van der Waals surface area (Å²) >= 11 is 1.93. The highest BCUT2D eigenvalue weighted by molar-refractivity contribution is 14.1. The van der Waals surface area contributed by atoms with Crippen LogP contribution in [0.4, 0.5) is 4.39 Å². The SMILES string of the molecule is NCc1nc2cc(I)c(F)cc2[nH]1. The van der Waals surface area contributed by atoms with Crippen molar-refractivity contribution in [3.63, 3.8) is 0 Å². The first-order valence-corrected chi connectivity index (χ1v) is 4.82. The number of nitrogens with two attached hydrogens (primary N) is 1. The monoisotopic (exact) mass is 291 g/mol. The summed E-state index contributed by atoms with van der Waals surface area (Å²) in [7, 11) is 0. The standard InChI is InChI=1S/C8H7FIN3/c9-4-1-6-7(2-5(4)10)13-8(3-11)12-6/h1-2H,3,11H2,(H,12,13). The lowest BCUT2D eigenvalue weighted by atomic mass is 10.3. The summed E-state index contributed by atoms with van der Waals surface area (Å²) in [4.78, 5) is 7.11. The highest BCUT2D eigenvalue weighted by Crippen LogP contribution is 2.18. The van der Waals surface area contributed by atoms with Gasteiger partial charge in [-0.25, -0.2) is 9.37 Å². The third kappa shape index (κ3) is 1.53. The molecule has 2 rings (SSSR count). The molecule has 1 aromatic carbocycles. The van der Waals surface area contributed by atoms with Gasteiger partial charge in [0, 0.05) is 6.07 Å². The largest absolute Gasteiger partial charge is 0.341 e. The molecule has 0 atom stereocenters. The van der Waals surface area contributed by atoms with E-state index in [1.807, 2.05) is 22.6 Å². The van der Waals surface area contributed by atoms with Crippen LogP contribution in [-0.4, -0.2) is 9.97 Å². The highest BCUT2D eigenvalue weighted by Gasteiger charge is 2.05. The molecule has 0 aliphatic rings. The molecule has 0 aliphatic carbocycles. The summed E-state index contributed by atoms with van der Waals surface area (Å²) in [5, 5.41) is 0. The zero-order valence-electron chi connectivity index (χ0n) is 6.64. The van der Waals surface area contributed by atoms with E-state index in [4.69, 9.17) is 5.73 Å². The lowest BCUT2D eigenvalue weighted by molar-refractivity contribution is 0.622. The van der Waals surface area contributed by atoms with Crippen molar-refractivity contribution in [2.75, 3.05) is 0 Å². The highest BCUT2D eigenvalue weighted by atomic mass is 127. The van der Waals surface area contributed by atoms with E-state index in [0.29, 0.717) is 21.5 Å². The summed E-state index contributed by atoms with van der Waals surface area (Å²) in [6.07, 6.45) is 0. The van der Waals surface area contributed by atoms with Crippen molar-refractivity contribution in [3.8, 4) is 0 Å². The predicted molar refractivity (Wildman–Crippen MR) is 56.7 cm³/mol. The fourth-order valence-electron chi connectivity index (χ4n) is 1.15. The fourth-order valence-corrected chi connectivity index (χ4v) is 1.61. The van der Waals surface area contributed by atoms with Gasteiger partial charge in [-0.2, -0.15) is 0 Å². The number of rotatable bonds is 1. The van der Waals surface area contributed by atoms with Gasteiger partial charge < -0.3 is 10.7 Å². The maximum atomic E-state index is 13.1. The topological polar surface area (TPSA) is 54.7 Å². The van der Waals surface area contributed by atoms with Crippen LogP contribution in [0.1, 0.15) is 5.82 Å². The molecule has 0 aliphatic heterocycles. The van der Waals surface area contributed by atoms with Crippen LogP contribution in [-0.2, 0) is 6.54 Å². The molecule has 5 heteroatoms. The lowest BCUT2D eigenvalue weighted by Crippen LogP contribution is -1.97. The second kappa shape index (κ2) is 3.22. The van der Waals surface area contributed by atoms with Gasteiger partial charge in [-0.15, -0.1) is 0 Å². The number of aromatic nitrogens is 2. The Morgan fingerprint density at radius 1 is 1.54 bits per heavy atom. The van der Waals surface area contributed by atoms with E-state index in [1.54, 1.807) is 6.07 Å². The molecule has 2 aromatic rings. The van der Waals surface area contributed by atoms with E-state index in [-0.39, 0.29) is 5.82 Å². The molecule has 3 N–H and O–H groups in total. The minimum absolute atomic E-state index is 0.236. The third-order valence-corrected chi connectivity index (χ3v) is 2.59. The average Bonchev–Trinajstić information content (AvgIpc) is 2.48. The number of H-pyrrole nitrogens is 1. The minimum atomic E-state index is -0.236. The first-order chi connectivity index (χ1) is 6.20. The normalized spacial score (nSPS) is 11.0. The van der Waals surface area contributed by atoms with Gasteiger partial charge in [-0.3, -0.25) is 0 Å². The second-order valence-electron chi connectivity index (χ2n) is 2.67. The smallest absolute Gasteiger partial charge is 0.138 e. The first-order valence-electron chi connectivity index (χ1n) is 3.74. The number of aromatic amines is 1. The molecule has 0 unspecified atom stereocenters. The van der Waals surface area contributed by atoms with Gasteiger partial charge in [0.15, 0.2) is 0 Å². The van der Waals surface area contributed by atoms with Crippen LogP contribution < -0.4 is 5.73 Å². The number of halogens is 2. The van der Waals surface area contributed by atoms with E-state index < -0.39 is 0 Å². The molecule has 0 bridgehead atoms. The van der Waals surface area contributed by atoms with E-state index in [9.17, 15) is 4.39 Å². The summed E-state index contributed by atoms with van der Waals surface area (Å²) in [5.74, 6) is 0.441. The fraction of sp³-hybridized carbons (Fsp3) is 0.125. The Morgan fingerprint density at radius 2 is 2.31 bits per heavy atom. The molecule has 0 saturated carbocycles. The number of nitrogens with one attached hydrogen (secondary N) is 1. The van der Waals surface area contributed by atoms with Crippen LogP contribution in [0.25, 0.3) is 11.0 Å². The second-order valence-corrected chi connectivity index (χ2v) is 3.83. The molecule has 0 spiro atoms. The molecular weight excluding hydrogens is 284 g/mol. The number of hydrogen-bond donors (Lipinski definition) is 2.